The molecule has 6 rings (SSSR count). The predicted octanol–water partition coefficient (Wildman–Crippen LogP) is 7.02. The number of amides is 2. The van der Waals surface area contributed by atoms with Crippen LogP contribution >= 0.6 is 11.6 Å². The topological polar surface area (TPSA) is 88.2 Å². The van der Waals surface area contributed by atoms with Crippen molar-refractivity contribution in [1.82, 2.24) is 15.1 Å². The molecule has 12 heteroatoms. The Hall–Kier alpha value is -4.35. The minimum atomic E-state index is -1.34. The van der Waals surface area contributed by atoms with Crippen molar-refractivity contribution in [2.24, 2.45) is 0 Å². The Morgan fingerprint density at radius 1 is 0.942 bits per heavy atom. The van der Waals surface area contributed by atoms with E-state index in [1.54, 1.807) is 6.92 Å². The number of carbonyl (C=O) groups excluding carboxylic acids is 3. The standard InChI is InChI=1S/C40H43ClF3N3O5/c1-2-51-36(49)11-5-10-35(48)46-23-28-21-30(26-14-12-25(13-15-26)7-6-20-52-39-33(43)19-18-32(42)38(39)44)37(34(24-46)45-28)40(50)47(29-16-17-29)22-27-8-3-4-9-31(27)41/h3-4,8-9,12-15,18-19,28-29,34,45H,2,5-7,10-11,16-17,20-24H2,1H3/t28-,34-/m1/s1. The number of piperazine rings is 1. The lowest BCUT2D eigenvalue weighted by atomic mass is 9.82. The Bertz CT molecular complexity index is 1820. The summed E-state index contributed by atoms with van der Waals surface area (Å²) in [5.74, 6) is -4.64. The minimum absolute atomic E-state index is 0.00163. The highest BCUT2D eigenvalue weighted by Crippen LogP contribution is 2.38. The van der Waals surface area contributed by atoms with E-state index in [-0.39, 0.29) is 49.3 Å². The second-order valence-electron chi connectivity index (χ2n) is 13.5. The summed E-state index contributed by atoms with van der Waals surface area (Å²) in [5.41, 5.74) is 4.32. The first kappa shape index (κ1) is 37.4. The van der Waals surface area contributed by atoms with Crippen LogP contribution in [0.4, 0.5) is 13.2 Å². The van der Waals surface area contributed by atoms with Crippen LogP contribution in [0.2, 0.25) is 5.02 Å². The van der Waals surface area contributed by atoms with Gasteiger partial charge < -0.3 is 24.6 Å². The summed E-state index contributed by atoms with van der Waals surface area (Å²) < 4.78 is 51.7. The summed E-state index contributed by atoms with van der Waals surface area (Å²) in [6.07, 6.45) is 4.13. The van der Waals surface area contributed by atoms with Gasteiger partial charge in [-0.3, -0.25) is 14.4 Å². The number of rotatable bonds is 15. The van der Waals surface area contributed by atoms with Gasteiger partial charge in [-0.15, -0.1) is 0 Å². The van der Waals surface area contributed by atoms with Gasteiger partial charge in [-0.05, 0) is 85.9 Å². The molecule has 2 heterocycles. The van der Waals surface area contributed by atoms with Gasteiger partial charge in [0.2, 0.25) is 11.7 Å². The Labute approximate surface area is 306 Å². The first-order chi connectivity index (χ1) is 25.1. The van der Waals surface area contributed by atoms with Crippen molar-refractivity contribution in [2.45, 2.75) is 83.0 Å². The van der Waals surface area contributed by atoms with Crippen LogP contribution in [0.1, 0.15) is 68.6 Å². The molecule has 1 N–H and O–H groups in total. The molecule has 3 aromatic rings. The highest BCUT2D eigenvalue weighted by Gasteiger charge is 2.43. The Kier molecular flexibility index (Phi) is 12.2. The fraction of sp³-hybridized carbons (Fsp3) is 0.425. The van der Waals surface area contributed by atoms with Crippen LogP contribution in [0.15, 0.2) is 66.2 Å². The normalized spacial score (nSPS) is 18.3. The molecule has 8 nitrogen and oxygen atoms in total. The number of nitrogens with zero attached hydrogens (tertiary/aromatic N) is 2. The molecule has 2 aliphatic heterocycles. The number of halogens is 4. The van der Waals surface area contributed by atoms with E-state index in [0.29, 0.717) is 62.5 Å². The predicted molar refractivity (Wildman–Crippen MR) is 191 cm³/mol. The van der Waals surface area contributed by atoms with Gasteiger partial charge in [0.15, 0.2) is 17.4 Å². The number of ether oxygens (including phenoxy) is 2. The van der Waals surface area contributed by atoms with Gasteiger partial charge in [-0.25, -0.2) is 8.78 Å². The van der Waals surface area contributed by atoms with Crippen LogP contribution in [0.3, 0.4) is 0 Å². The van der Waals surface area contributed by atoms with E-state index in [9.17, 15) is 27.6 Å². The third kappa shape index (κ3) is 8.98. The van der Waals surface area contributed by atoms with Gasteiger partial charge in [-0.1, -0.05) is 54.1 Å². The summed E-state index contributed by atoms with van der Waals surface area (Å²) in [6, 6.07) is 16.6. The van der Waals surface area contributed by atoms with Gasteiger partial charge in [0.1, 0.15) is 0 Å². The number of hydrogen-bond acceptors (Lipinski definition) is 6. The summed E-state index contributed by atoms with van der Waals surface area (Å²) in [7, 11) is 0. The van der Waals surface area contributed by atoms with Gasteiger partial charge in [0.25, 0.3) is 5.91 Å². The van der Waals surface area contributed by atoms with Crippen molar-refractivity contribution in [3.05, 3.63) is 105 Å². The Balaban J connectivity index is 1.21. The molecular weight excluding hydrogens is 695 g/mol. The molecule has 3 aliphatic rings. The molecule has 2 bridgehead atoms. The molecule has 2 atom stereocenters. The van der Waals surface area contributed by atoms with Gasteiger partial charge in [-0.2, -0.15) is 4.39 Å². The molecule has 2 amide bonds. The highest BCUT2D eigenvalue weighted by molar-refractivity contribution is 6.31. The number of fused-ring (bicyclic) bond motifs is 2. The maximum atomic E-state index is 14.7. The second kappa shape index (κ2) is 17.0. The molecule has 1 saturated carbocycles. The zero-order valence-electron chi connectivity index (χ0n) is 29.1. The molecule has 276 valence electrons. The average Bonchev–Trinajstić information content (AvgIpc) is 3.98. The zero-order valence-corrected chi connectivity index (χ0v) is 29.9. The maximum absolute atomic E-state index is 14.7. The van der Waals surface area contributed by atoms with Crippen LogP contribution in [-0.4, -0.2) is 72.0 Å². The maximum Gasteiger partial charge on any atom is 0.305 e. The zero-order chi connectivity index (χ0) is 36.8. The summed E-state index contributed by atoms with van der Waals surface area (Å²) in [6.45, 7) is 3.23. The fourth-order valence-electron chi connectivity index (χ4n) is 7.03. The lowest BCUT2D eigenvalue weighted by molar-refractivity contribution is -0.143. The van der Waals surface area contributed by atoms with Crippen molar-refractivity contribution in [1.29, 1.82) is 0 Å². The van der Waals surface area contributed by atoms with Gasteiger partial charge >= 0.3 is 5.97 Å². The molecule has 3 aromatic carbocycles. The van der Waals surface area contributed by atoms with Crippen LogP contribution < -0.4 is 10.1 Å². The van der Waals surface area contributed by atoms with Crippen molar-refractivity contribution in [3.63, 3.8) is 0 Å². The molecule has 0 aromatic heterocycles. The highest BCUT2D eigenvalue weighted by atomic mass is 35.5. The smallest absolute Gasteiger partial charge is 0.305 e. The van der Waals surface area contributed by atoms with Crippen LogP contribution in [0.5, 0.6) is 5.75 Å². The molecule has 1 aliphatic carbocycles. The second-order valence-corrected chi connectivity index (χ2v) is 14.0. The van der Waals surface area contributed by atoms with Gasteiger partial charge in [0.05, 0.1) is 19.3 Å². The minimum Gasteiger partial charge on any atom is -0.488 e. The third-order valence-electron chi connectivity index (χ3n) is 9.77. The van der Waals surface area contributed by atoms with Gasteiger partial charge in [0, 0.05) is 55.2 Å². The van der Waals surface area contributed by atoms with E-state index in [0.717, 1.165) is 47.2 Å². The van der Waals surface area contributed by atoms with Crippen molar-refractivity contribution in [2.75, 3.05) is 26.3 Å². The number of nitrogens with one attached hydrogen (secondary N) is 1. The van der Waals surface area contributed by atoms with E-state index in [4.69, 9.17) is 21.1 Å². The van der Waals surface area contributed by atoms with Crippen molar-refractivity contribution >= 4 is 35.0 Å². The number of benzene rings is 3. The third-order valence-corrected chi connectivity index (χ3v) is 10.1. The molecule has 0 spiro atoms. The molecule has 1 saturated heterocycles. The SMILES string of the molecule is CCOC(=O)CCCC(=O)N1C[C@H]2CC(c3ccc(CCCOc4c(F)ccc(F)c4F)cc3)=C(C(=O)N(Cc3ccccc3Cl)C3CC3)[C@@H](C1)N2. The number of aryl methyl sites for hydroxylation is 1. The van der Waals surface area contributed by atoms with Crippen LogP contribution in [0, 0.1) is 17.5 Å². The molecule has 52 heavy (non-hydrogen) atoms. The lowest BCUT2D eigenvalue weighted by Crippen LogP contribution is -2.62. The number of esters is 1. The van der Waals surface area contributed by atoms with E-state index in [2.05, 4.69) is 5.32 Å². The lowest BCUT2D eigenvalue weighted by Gasteiger charge is -2.45. The Morgan fingerprint density at radius 3 is 2.42 bits per heavy atom. The fourth-order valence-corrected chi connectivity index (χ4v) is 7.22. The summed E-state index contributed by atoms with van der Waals surface area (Å²) in [5, 5.41) is 4.23. The van der Waals surface area contributed by atoms with Crippen molar-refractivity contribution in [3.8, 4) is 5.75 Å². The summed E-state index contributed by atoms with van der Waals surface area (Å²) in [4.78, 5) is 43.7. The molecular formula is C40H43ClF3N3O5. The monoisotopic (exact) mass is 737 g/mol. The first-order valence-corrected chi connectivity index (χ1v) is 18.3. The van der Waals surface area contributed by atoms with Crippen LogP contribution in [-0.2, 0) is 32.1 Å². The Morgan fingerprint density at radius 2 is 1.69 bits per heavy atom. The molecule has 0 radical (unpaired) electrons. The van der Waals surface area contributed by atoms with Crippen LogP contribution in [0.25, 0.3) is 5.57 Å². The van der Waals surface area contributed by atoms with E-state index in [1.165, 1.54) is 0 Å². The quantitative estimate of drug-likeness (QED) is 0.103. The molecule has 0 unspecified atom stereocenters. The number of hydrogen-bond donors (Lipinski definition) is 1. The first-order valence-electron chi connectivity index (χ1n) is 17.9. The average molecular weight is 738 g/mol. The number of carbonyl (C=O) groups is 3. The van der Waals surface area contributed by atoms with E-state index >= 15 is 0 Å². The largest absolute Gasteiger partial charge is 0.488 e. The van der Waals surface area contributed by atoms with Crippen molar-refractivity contribution < 1.29 is 37.0 Å². The van der Waals surface area contributed by atoms with E-state index in [1.807, 2.05) is 58.3 Å². The molecule has 2 fully saturated rings. The summed E-state index contributed by atoms with van der Waals surface area (Å²) >= 11 is 6.55. The van der Waals surface area contributed by atoms with E-state index < -0.39 is 29.2 Å².